The lowest BCUT2D eigenvalue weighted by Gasteiger charge is -2.34. The van der Waals surface area contributed by atoms with Crippen LogP contribution in [0.2, 0.25) is 0 Å². The van der Waals surface area contributed by atoms with Crippen LogP contribution < -0.4 is 0 Å². The van der Waals surface area contributed by atoms with Crippen molar-refractivity contribution < 1.29 is 0 Å². The van der Waals surface area contributed by atoms with Crippen LogP contribution in [0.1, 0.15) is 19.8 Å². The minimum Gasteiger partial charge on any atom is -0.300 e. The van der Waals surface area contributed by atoms with Crippen molar-refractivity contribution in [2.75, 3.05) is 19.6 Å². The van der Waals surface area contributed by atoms with E-state index in [2.05, 4.69) is 24.5 Å². The van der Waals surface area contributed by atoms with Crippen LogP contribution >= 0.6 is 0 Å². The highest BCUT2D eigenvalue weighted by Gasteiger charge is 2.28. The number of hydrogen-bond donors (Lipinski definition) is 0. The van der Waals surface area contributed by atoms with Crippen LogP contribution in [0.15, 0.2) is 12.7 Å². The molecule has 0 aromatic carbocycles. The first-order chi connectivity index (χ1) is 5.70. The molecule has 12 heavy (non-hydrogen) atoms. The first-order valence-electron chi connectivity index (χ1n) is 4.45. The molecule has 2 heteroatoms. The van der Waals surface area contributed by atoms with Gasteiger partial charge in [0, 0.05) is 6.54 Å². The maximum absolute atomic E-state index is 8.88. The zero-order valence-electron chi connectivity index (χ0n) is 7.71. The van der Waals surface area contributed by atoms with Gasteiger partial charge in [-0.05, 0) is 32.9 Å². The van der Waals surface area contributed by atoms with E-state index >= 15 is 0 Å². The zero-order valence-corrected chi connectivity index (χ0v) is 7.71. The molecule has 1 aliphatic rings. The van der Waals surface area contributed by atoms with Crippen molar-refractivity contribution in [1.29, 1.82) is 5.26 Å². The molecular formula is C10H16N2. The molecule has 1 fully saturated rings. The smallest absolute Gasteiger partial charge is 0.0687 e. The highest BCUT2D eigenvalue weighted by Crippen LogP contribution is 2.29. The third kappa shape index (κ3) is 2.09. The molecule has 1 rings (SSSR count). The van der Waals surface area contributed by atoms with Gasteiger partial charge in [-0.25, -0.2) is 0 Å². The lowest BCUT2D eigenvalue weighted by molar-refractivity contribution is 0.170. The van der Waals surface area contributed by atoms with Gasteiger partial charge >= 0.3 is 0 Å². The van der Waals surface area contributed by atoms with Gasteiger partial charge in [-0.15, -0.1) is 6.58 Å². The predicted octanol–water partition coefficient (Wildman–Crippen LogP) is 1.80. The van der Waals surface area contributed by atoms with Crippen molar-refractivity contribution >= 4 is 0 Å². The fourth-order valence-corrected chi connectivity index (χ4v) is 1.52. The van der Waals surface area contributed by atoms with Gasteiger partial charge in [-0.3, -0.25) is 4.90 Å². The van der Waals surface area contributed by atoms with Crippen molar-refractivity contribution in [2.45, 2.75) is 19.8 Å². The van der Waals surface area contributed by atoms with Crippen LogP contribution in [0.5, 0.6) is 0 Å². The van der Waals surface area contributed by atoms with E-state index in [1.807, 2.05) is 6.08 Å². The molecular weight excluding hydrogens is 148 g/mol. The number of nitriles is 1. The summed E-state index contributed by atoms with van der Waals surface area (Å²) in [4.78, 5) is 2.34. The number of likely N-dealkylation sites (tertiary alicyclic amines) is 1. The van der Waals surface area contributed by atoms with Gasteiger partial charge in [0.1, 0.15) is 0 Å². The molecule has 2 nitrogen and oxygen atoms in total. The van der Waals surface area contributed by atoms with Crippen molar-refractivity contribution in [3.8, 4) is 6.07 Å². The van der Waals surface area contributed by atoms with Gasteiger partial charge in [-0.2, -0.15) is 5.26 Å². The molecule has 0 aliphatic carbocycles. The van der Waals surface area contributed by atoms with Crippen molar-refractivity contribution in [3.63, 3.8) is 0 Å². The summed E-state index contributed by atoms with van der Waals surface area (Å²) in [5.41, 5.74) is -0.0718. The summed E-state index contributed by atoms with van der Waals surface area (Å²) in [7, 11) is 0. The molecule has 0 unspecified atom stereocenters. The first kappa shape index (κ1) is 9.28. The monoisotopic (exact) mass is 164 g/mol. The summed E-state index contributed by atoms with van der Waals surface area (Å²) >= 11 is 0. The summed E-state index contributed by atoms with van der Waals surface area (Å²) in [5.74, 6) is 0. The van der Waals surface area contributed by atoms with Crippen LogP contribution in [0.3, 0.4) is 0 Å². The number of piperidine rings is 1. The fourth-order valence-electron chi connectivity index (χ4n) is 1.52. The van der Waals surface area contributed by atoms with E-state index in [1.165, 1.54) is 0 Å². The van der Waals surface area contributed by atoms with Gasteiger partial charge in [0.15, 0.2) is 0 Å². The maximum atomic E-state index is 8.88. The summed E-state index contributed by atoms with van der Waals surface area (Å²) in [6.07, 6.45) is 3.92. The lowest BCUT2D eigenvalue weighted by Crippen LogP contribution is -2.37. The first-order valence-corrected chi connectivity index (χ1v) is 4.45. The average molecular weight is 164 g/mol. The number of hydrogen-bond acceptors (Lipinski definition) is 2. The lowest BCUT2D eigenvalue weighted by atomic mass is 9.82. The Kier molecular flexibility index (Phi) is 2.88. The Morgan fingerprint density at radius 3 is 2.58 bits per heavy atom. The molecule has 0 saturated carbocycles. The van der Waals surface area contributed by atoms with Gasteiger partial charge in [0.05, 0.1) is 11.5 Å². The maximum Gasteiger partial charge on any atom is 0.0687 e. The third-order valence-corrected chi connectivity index (χ3v) is 2.62. The third-order valence-electron chi connectivity index (χ3n) is 2.62. The predicted molar refractivity (Wildman–Crippen MR) is 49.6 cm³/mol. The Balaban J connectivity index is 2.40. The van der Waals surface area contributed by atoms with Gasteiger partial charge in [0.2, 0.25) is 0 Å². The molecule has 66 valence electrons. The van der Waals surface area contributed by atoms with Crippen LogP contribution in [-0.2, 0) is 0 Å². The Morgan fingerprint density at radius 1 is 1.58 bits per heavy atom. The van der Waals surface area contributed by atoms with Crippen LogP contribution in [0, 0.1) is 16.7 Å². The van der Waals surface area contributed by atoms with Crippen molar-refractivity contribution in [3.05, 3.63) is 12.7 Å². The van der Waals surface area contributed by atoms with Crippen molar-refractivity contribution in [1.82, 2.24) is 4.90 Å². The average Bonchev–Trinajstić information content (AvgIpc) is 2.10. The summed E-state index contributed by atoms with van der Waals surface area (Å²) in [5, 5.41) is 8.88. The number of rotatable bonds is 2. The van der Waals surface area contributed by atoms with E-state index in [1.54, 1.807) is 0 Å². The second kappa shape index (κ2) is 3.73. The fraction of sp³-hybridized carbons (Fsp3) is 0.700. The Morgan fingerprint density at radius 2 is 2.17 bits per heavy atom. The highest BCUT2D eigenvalue weighted by atomic mass is 15.1. The molecule has 0 bridgehead atoms. The minimum absolute atomic E-state index is 0.0718. The summed E-state index contributed by atoms with van der Waals surface area (Å²) in [6.45, 7) is 8.79. The minimum atomic E-state index is -0.0718. The van der Waals surface area contributed by atoms with E-state index in [-0.39, 0.29) is 5.41 Å². The van der Waals surface area contributed by atoms with Crippen LogP contribution in [0.4, 0.5) is 0 Å². The largest absolute Gasteiger partial charge is 0.300 e. The number of nitrogens with zero attached hydrogens (tertiary/aromatic N) is 2. The van der Waals surface area contributed by atoms with Crippen LogP contribution in [-0.4, -0.2) is 24.5 Å². The van der Waals surface area contributed by atoms with E-state index in [9.17, 15) is 0 Å². The molecule has 0 radical (unpaired) electrons. The Labute approximate surface area is 74.5 Å². The normalized spacial score (nSPS) is 23.0. The van der Waals surface area contributed by atoms with E-state index < -0.39 is 0 Å². The molecule has 0 aromatic rings. The molecule has 1 saturated heterocycles. The van der Waals surface area contributed by atoms with Crippen LogP contribution in [0.25, 0.3) is 0 Å². The zero-order chi connectivity index (χ0) is 9.03. The van der Waals surface area contributed by atoms with Gasteiger partial charge in [-0.1, -0.05) is 6.08 Å². The standard InChI is InChI=1S/C10H16N2/c1-3-6-12-7-4-10(2,9-11)5-8-12/h3H,1,4-8H2,2H3. The van der Waals surface area contributed by atoms with Gasteiger partial charge in [0.25, 0.3) is 0 Å². The highest BCUT2D eigenvalue weighted by molar-refractivity contribution is 4.99. The molecule has 1 aliphatic heterocycles. The van der Waals surface area contributed by atoms with E-state index in [0.29, 0.717) is 0 Å². The topological polar surface area (TPSA) is 27.0 Å². The van der Waals surface area contributed by atoms with E-state index in [0.717, 1.165) is 32.5 Å². The molecule has 0 atom stereocenters. The molecule has 0 N–H and O–H groups in total. The summed E-state index contributed by atoms with van der Waals surface area (Å²) in [6, 6.07) is 2.39. The SMILES string of the molecule is C=CCN1CCC(C)(C#N)CC1. The molecule has 0 spiro atoms. The molecule has 0 aromatic heterocycles. The van der Waals surface area contributed by atoms with E-state index in [4.69, 9.17) is 5.26 Å². The molecule has 0 amide bonds. The van der Waals surface area contributed by atoms with Gasteiger partial charge < -0.3 is 0 Å². The second-order valence-electron chi connectivity index (χ2n) is 3.76. The summed E-state index contributed by atoms with van der Waals surface area (Å²) < 4.78 is 0. The Hall–Kier alpha value is -0.810. The quantitative estimate of drug-likeness (QED) is 0.582. The van der Waals surface area contributed by atoms with Crippen molar-refractivity contribution in [2.24, 2.45) is 5.41 Å². The molecule has 1 heterocycles. The Bertz CT molecular complexity index is 194. The second-order valence-corrected chi connectivity index (χ2v) is 3.76.